The lowest BCUT2D eigenvalue weighted by atomic mass is 9.82. The van der Waals surface area contributed by atoms with Gasteiger partial charge in [-0.05, 0) is 77.0 Å². The summed E-state index contributed by atoms with van der Waals surface area (Å²) in [5.74, 6) is 0.191. The molecule has 3 aliphatic rings. The number of carbonyl (C=O) groups is 4. The Morgan fingerprint density at radius 1 is 1.18 bits per heavy atom. The molecule has 214 valence electrons. The lowest BCUT2D eigenvalue weighted by molar-refractivity contribution is -0.138. The van der Waals surface area contributed by atoms with Crippen molar-refractivity contribution in [2.45, 2.75) is 96.7 Å². The van der Waals surface area contributed by atoms with E-state index in [-0.39, 0.29) is 42.9 Å². The van der Waals surface area contributed by atoms with Crippen LogP contribution in [0.25, 0.3) is 0 Å². The molecule has 1 aromatic rings. The van der Waals surface area contributed by atoms with E-state index in [1.807, 2.05) is 26.8 Å². The summed E-state index contributed by atoms with van der Waals surface area (Å²) >= 11 is 0. The summed E-state index contributed by atoms with van der Waals surface area (Å²) in [5.41, 5.74) is 0.836. The summed E-state index contributed by atoms with van der Waals surface area (Å²) < 4.78 is 6.46. The summed E-state index contributed by atoms with van der Waals surface area (Å²) in [5, 5.41) is 12.4. The van der Waals surface area contributed by atoms with Gasteiger partial charge in [0.1, 0.15) is 5.75 Å². The predicted molar refractivity (Wildman–Crippen MR) is 147 cm³/mol. The molecule has 39 heavy (non-hydrogen) atoms. The normalized spacial score (nSPS) is 20.4. The molecule has 2 aliphatic heterocycles. The Kier molecular flexibility index (Phi) is 8.71. The van der Waals surface area contributed by atoms with Gasteiger partial charge in [0.05, 0.1) is 11.7 Å². The number of rotatable bonds is 7. The van der Waals surface area contributed by atoms with Gasteiger partial charge in [-0.1, -0.05) is 13.3 Å². The Bertz CT molecular complexity index is 1110. The van der Waals surface area contributed by atoms with E-state index < -0.39 is 11.7 Å². The fraction of sp³-hybridized carbons (Fsp3) is 0.655. The number of aryl methyl sites for hydroxylation is 1. The molecule has 2 N–H and O–H groups in total. The maximum atomic E-state index is 14.1. The number of ether oxygens (including phenoxy) is 1. The summed E-state index contributed by atoms with van der Waals surface area (Å²) in [6.45, 7) is 8.85. The third-order valence-electron chi connectivity index (χ3n) is 8.26. The Hall–Kier alpha value is -3.30. The van der Waals surface area contributed by atoms with Crippen molar-refractivity contribution < 1.29 is 29.0 Å². The van der Waals surface area contributed by atoms with Gasteiger partial charge < -0.3 is 29.9 Å². The van der Waals surface area contributed by atoms with E-state index in [4.69, 9.17) is 4.74 Å². The van der Waals surface area contributed by atoms with Crippen LogP contribution in [0.4, 0.5) is 10.5 Å². The highest BCUT2D eigenvalue weighted by Gasteiger charge is 2.49. The number of hydrogen-bond acceptors (Lipinski definition) is 5. The van der Waals surface area contributed by atoms with E-state index in [9.17, 15) is 24.3 Å². The van der Waals surface area contributed by atoms with Crippen LogP contribution in [0.2, 0.25) is 0 Å². The fourth-order valence-electron chi connectivity index (χ4n) is 6.21. The van der Waals surface area contributed by atoms with Crippen LogP contribution in [0.5, 0.6) is 5.75 Å². The van der Waals surface area contributed by atoms with Crippen molar-refractivity contribution in [2.75, 3.05) is 31.1 Å². The number of amides is 4. The lowest BCUT2D eigenvalue weighted by Crippen LogP contribution is -2.58. The topological polar surface area (TPSA) is 119 Å². The van der Waals surface area contributed by atoms with Crippen molar-refractivity contribution in [3.8, 4) is 5.75 Å². The Balaban J connectivity index is 1.69. The third-order valence-corrected chi connectivity index (χ3v) is 8.26. The first kappa shape index (κ1) is 28.7. The van der Waals surface area contributed by atoms with Gasteiger partial charge in [0.2, 0.25) is 5.91 Å². The summed E-state index contributed by atoms with van der Waals surface area (Å²) in [6.07, 6.45) is 4.99. The quantitative estimate of drug-likeness (QED) is 0.539. The van der Waals surface area contributed by atoms with Gasteiger partial charge in [-0.2, -0.15) is 0 Å². The van der Waals surface area contributed by atoms with E-state index in [0.717, 1.165) is 31.2 Å². The highest BCUT2D eigenvalue weighted by molar-refractivity contribution is 6.05. The number of likely N-dealkylation sites (tertiary alicyclic amines) is 1. The second-order valence-corrected chi connectivity index (χ2v) is 11.3. The van der Waals surface area contributed by atoms with E-state index in [2.05, 4.69) is 5.32 Å². The molecule has 0 unspecified atom stereocenters. The van der Waals surface area contributed by atoms with Crippen LogP contribution >= 0.6 is 0 Å². The van der Waals surface area contributed by atoms with Crippen molar-refractivity contribution in [1.82, 2.24) is 15.1 Å². The Morgan fingerprint density at radius 3 is 2.54 bits per heavy atom. The predicted octanol–water partition coefficient (Wildman–Crippen LogP) is 3.94. The summed E-state index contributed by atoms with van der Waals surface area (Å²) in [6, 6.07) is 3.22. The first-order valence-electron chi connectivity index (χ1n) is 14.3. The minimum Gasteiger partial charge on any atom is -0.475 e. The zero-order chi connectivity index (χ0) is 28.3. The molecule has 10 heteroatoms. The largest absolute Gasteiger partial charge is 0.475 e. The number of carboxylic acid groups (broad SMARTS) is 1. The smallest absolute Gasteiger partial charge is 0.407 e. The van der Waals surface area contributed by atoms with Gasteiger partial charge in [-0.25, -0.2) is 4.79 Å². The molecule has 0 aromatic heterocycles. The van der Waals surface area contributed by atoms with E-state index >= 15 is 0 Å². The molecule has 1 saturated carbocycles. The van der Waals surface area contributed by atoms with E-state index in [1.165, 1.54) is 4.90 Å². The molecule has 2 heterocycles. The number of nitrogens with one attached hydrogen (secondary N) is 1. The van der Waals surface area contributed by atoms with E-state index in [1.54, 1.807) is 22.8 Å². The van der Waals surface area contributed by atoms with Crippen LogP contribution in [0.1, 0.15) is 88.1 Å². The van der Waals surface area contributed by atoms with Gasteiger partial charge in [-0.3, -0.25) is 14.4 Å². The zero-order valence-corrected chi connectivity index (χ0v) is 23.6. The van der Waals surface area contributed by atoms with Crippen LogP contribution in [0.3, 0.4) is 0 Å². The van der Waals surface area contributed by atoms with Crippen molar-refractivity contribution in [3.05, 3.63) is 23.3 Å². The standard InChI is InChI=1S/C29H42N4O6/c1-5-25(34)30-13-15-32-23-17-22(20(4)16-24(23)39-29(27(32)36)11-7-6-8-12-29)26(35)33(19(2)3)21-10-9-14-31(18-21)28(37)38/h16-17,19,21H,5-15,18H2,1-4H3,(H,30,34)(H,37,38)/t21-/m1/s1. The molecule has 0 radical (unpaired) electrons. The van der Waals surface area contributed by atoms with Gasteiger partial charge in [0.25, 0.3) is 11.8 Å². The number of nitrogens with zero attached hydrogens (tertiary/aromatic N) is 3. The average molecular weight is 543 g/mol. The average Bonchev–Trinajstić information content (AvgIpc) is 2.91. The molecule has 1 saturated heterocycles. The number of piperidine rings is 1. The number of benzene rings is 1. The van der Waals surface area contributed by atoms with Crippen LogP contribution in [0.15, 0.2) is 12.1 Å². The number of hydrogen-bond donors (Lipinski definition) is 2. The molecule has 1 aliphatic carbocycles. The summed E-state index contributed by atoms with van der Waals surface area (Å²) in [4.78, 5) is 56.3. The van der Waals surface area contributed by atoms with Crippen LogP contribution in [0, 0.1) is 6.92 Å². The monoisotopic (exact) mass is 542 g/mol. The van der Waals surface area contributed by atoms with Crippen molar-refractivity contribution in [3.63, 3.8) is 0 Å². The molecule has 1 atom stereocenters. The molecule has 10 nitrogen and oxygen atoms in total. The number of anilines is 1. The molecule has 1 spiro atoms. The molecule has 4 rings (SSSR count). The van der Waals surface area contributed by atoms with E-state index in [0.29, 0.717) is 55.8 Å². The maximum Gasteiger partial charge on any atom is 0.407 e. The van der Waals surface area contributed by atoms with Crippen LogP contribution in [-0.4, -0.2) is 82.6 Å². The van der Waals surface area contributed by atoms with Gasteiger partial charge in [0, 0.05) is 44.2 Å². The molecule has 0 bridgehead atoms. The fourth-order valence-corrected chi connectivity index (χ4v) is 6.21. The Morgan fingerprint density at radius 2 is 1.90 bits per heavy atom. The first-order valence-corrected chi connectivity index (χ1v) is 14.3. The van der Waals surface area contributed by atoms with Crippen molar-refractivity contribution >= 4 is 29.5 Å². The summed E-state index contributed by atoms with van der Waals surface area (Å²) in [7, 11) is 0. The van der Waals surface area contributed by atoms with Gasteiger partial charge >= 0.3 is 6.09 Å². The van der Waals surface area contributed by atoms with Gasteiger partial charge in [-0.15, -0.1) is 0 Å². The van der Waals surface area contributed by atoms with Gasteiger partial charge in [0.15, 0.2) is 5.60 Å². The maximum absolute atomic E-state index is 14.1. The molecule has 1 aromatic carbocycles. The minimum atomic E-state index is -0.973. The minimum absolute atomic E-state index is 0.0847. The van der Waals surface area contributed by atoms with Crippen LogP contribution in [-0.2, 0) is 9.59 Å². The second-order valence-electron chi connectivity index (χ2n) is 11.3. The number of fused-ring (bicyclic) bond motifs is 1. The highest BCUT2D eigenvalue weighted by atomic mass is 16.5. The SMILES string of the molecule is CCC(=O)NCCN1C(=O)C2(CCCCC2)Oc2cc(C)c(C(=O)N(C(C)C)[C@@H]3CCCN(C(=O)O)C3)cc21. The number of carbonyl (C=O) groups excluding carboxylic acids is 3. The molecule has 4 amide bonds. The molecule has 2 fully saturated rings. The third kappa shape index (κ3) is 5.84. The Labute approximate surface area is 230 Å². The van der Waals surface area contributed by atoms with Crippen LogP contribution < -0.4 is 15.0 Å². The zero-order valence-electron chi connectivity index (χ0n) is 23.6. The lowest BCUT2D eigenvalue weighted by Gasteiger charge is -2.45. The van der Waals surface area contributed by atoms with Crippen molar-refractivity contribution in [2.24, 2.45) is 0 Å². The highest BCUT2D eigenvalue weighted by Crippen LogP contribution is 2.45. The molecular formula is C29H42N4O6. The second kappa shape index (κ2) is 11.8. The van der Waals surface area contributed by atoms with Crippen molar-refractivity contribution in [1.29, 1.82) is 0 Å². The first-order chi connectivity index (χ1) is 18.6. The molecular weight excluding hydrogens is 500 g/mol.